The van der Waals surface area contributed by atoms with Crippen LogP contribution in [0.25, 0.3) is 0 Å². The standard InChI is InChI=1S/HO3P/c1-4(2)3/h(H-,1,2,3)/p+3. The van der Waals surface area contributed by atoms with E-state index in [4.69, 9.17) is 14.4 Å². The normalized spacial score (nSPS) is 6.50. The molecule has 2 N–H and O–H groups in total. The second-order valence-electron chi connectivity index (χ2n) is 0.253. The van der Waals surface area contributed by atoms with E-state index >= 15 is 0 Å². The fourth-order valence-corrected chi connectivity index (χ4v) is 0. The van der Waals surface area contributed by atoms with Gasteiger partial charge in [-0.15, -0.1) is 9.79 Å². The van der Waals surface area contributed by atoms with Crippen molar-refractivity contribution in [3.63, 3.8) is 0 Å². The Morgan fingerprint density at radius 3 is 1.75 bits per heavy atom. The van der Waals surface area contributed by atoms with E-state index < -0.39 is 8.25 Å². The monoisotopic (exact) mass is 83.0 g/mol. The molecule has 0 rings (SSSR count). The molecule has 0 aliphatic rings. The van der Waals surface area contributed by atoms with Gasteiger partial charge in [0, 0.05) is 4.57 Å². The third kappa shape index (κ3) is 5250. The molecule has 0 saturated carbocycles. The van der Waals surface area contributed by atoms with Crippen LogP contribution in [0.15, 0.2) is 0 Å². The number of rotatable bonds is 0. The van der Waals surface area contributed by atoms with E-state index in [9.17, 15) is 0 Å². The summed E-state index contributed by atoms with van der Waals surface area (Å²) < 4.78 is 8.70. The van der Waals surface area contributed by atoms with Gasteiger partial charge in [-0.2, -0.15) is 0 Å². The second kappa shape index (κ2) is 1.35. The van der Waals surface area contributed by atoms with Crippen molar-refractivity contribution < 1.29 is 17.2 Å². The highest BCUT2D eigenvalue weighted by Gasteiger charge is 1.93. The summed E-state index contributed by atoms with van der Waals surface area (Å²) in [5, 5.41) is 0. The van der Waals surface area contributed by atoms with Crippen LogP contribution in [0.2, 0.25) is 0 Å². The zero-order valence-electron chi connectivity index (χ0n) is 3.75. The molecule has 0 unspecified atom stereocenters. The average molecular weight is 83.0 g/mol. The molecule has 0 aromatic heterocycles. The highest BCUT2D eigenvalue weighted by Crippen LogP contribution is 1.98. The highest BCUT2D eigenvalue weighted by molar-refractivity contribution is 7.30. The molecule has 0 bridgehead atoms. The molecule has 3 nitrogen and oxygen atoms in total. The minimum Gasteiger partial charge on any atom is -0.134 e. The first-order valence-corrected chi connectivity index (χ1v) is 1.75. The van der Waals surface area contributed by atoms with Gasteiger partial charge in [0.05, 0.1) is 0 Å². The highest BCUT2D eigenvalue weighted by atomic mass is 31.1. The summed E-state index contributed by atoms with van der Waals surface area (Å²) in [4.78, 5) is 14.2. The molecule has 0 radical (unpaired) electrons. The van der Waals surface area contributed by atoms with Crippen molar-refractivity contribution >= 4 is 8.25 Å². The van der Waals surface area contributed by atoms with Crippen molar-refractivity contribution in [3.05, 3.63) is 0 Å². The lowest BCUT2D eigenvalue weighted by Crippen LogP contribution is -1.38. The Morgan fingerprint density at radius 2 is 1.75 bits per heavy atom. The van der Waals surface area contributed by atoms with E-state index in [2.05, 4.69) is 0 Å². The van der Waals surface area contributed by atoms with E-state index in [1.54, 1.807) is 0 Å². The Morgan fingerprint density at radius 1 is 1.75 bits per heavy atom. The molecule has 0 aromatic carbocycles. The van der Waals surface area contributed by atoms with Gasteiger partial charge < -0.3 is 0 Å². The summed E-state index contributed by atoms with van der Waals surface area (Å²) in [6.45, 7) is 0. The fourth-order valence-electron chi connectivity index (χ4n) is 0. The Labute approximate surface area is 26.8 Å². The topological polar surface area (TPSA) is 57.5 Å². The molecule has 0 saturated heterocycles. The SMILES string of the molecule is O=[P+](O)O.[H+].[H+]. The van der Waals surface area contributed by atoms with Crippen LogP contribution in [0, 0.1) is 0 Å². The molecule has 0 fully saturated rings. The zero-order chi connectivity index (χ0) is 3.58. The predicted octanol–water partition coefficient (Wildman–Crippen LogP) is -0.147. The van der Waals surface area contributed by atoms with Crippen molar-refractivity contribution in [2.75, 3.05) is 0 Å². The fraction of sp³-hybridized carbons (Fsp3) is 0. The summed E-state index contributed by atoms with van der Waals surface area (Å²) >= 11 is 0. The Hall–Kier alpha value is 0.0200. The van der Waals surface area contributed by atoms with E-state index in [1.807, 2.05) is 0 Å². The van der Waals surface area contributed by atoms with E-state index in [0.717, 1.165) is 0 Å². The molecule has 0 amide bonds. The van der Waals surface area contributed by atoms with Crippen molar-refractivity contribution in [3.8, 4) is 0 Å². The van der Waals surface area contributed by atoms with Gasteiger partial charge in [-0.1, -0.05) is 0 Å². The maximum atomic E-state index is 8.70. The van der Waals surface area contributed by atoms with E-state index in [0.29, 0.717) is 0 Å². The maximum Gasteiger partial charge on any atom is 1.00 e. The van der Waals surface area contributed by atoms with Crippen molar-refractivity contribution in [2.45, 2.75) is 0 Å². The molecule has 0 aliphatic heterocycles. The molecule has 0 aromatic rings. The van der Waals surface area contributed by atoms with Crippen molar-refractivity contribution in [1.29, 1.82) is 0 Å². The molecule has 0 heterocycles. The van der Waals surface area contributed by atoms with Gasteiger partial charge >= 0.3 is 11.1 Å². The first-order valence-electron chi connectivity index (χ1n) is 0.583. The second-order valence-corrected chi connectivity index (χ2v) is 0.758. The minimum atomic E-state index is -2.87. The quantitative estimate of drug-likeness (QED) is 0.400. The van der Waals surface area contributed by atoms with Crippen LogP contribution in [0.3, 0.4) is 0 Å². The summed E-state index contributed by atoms with van der Waals surface area (Å²) in [5.41, 5.74) is 0. The van der Waals surface area contributed by atoms with Crippen LogP contribution < -0.4 is 0 Å². The lowest BCUT2D eigenvalue weighted by molar-refractivity contribution is 0.405. The van der Waals surface area contributed by atoms with Gasteiger partial charge in [0.2, 0.25) is 0 Å². The molecule has 0 spiro atoms. The molecule has 4 heavy (non-hydrogen) atoms. The lowest BCUT2D eigenvalue weighted by atomic mass is 15.8. The lowest BCUT2D eigenvalue weighted by Gasteiger charge is -1.34. The van der Waals surface area contributed by atoms with Gasteiger partial charge in [-0.25, -0.2) is 0 Å². The molecule has 24 valence electrons. The van der Waals surface area contributed by atoms with E-state index in [-0.39, 0.29) is 2.85 Å². The third-order valence-electron chi connectivity index (χ3n) is 0. The molecule has 0 atom stereocenters. The Bertz CT molecular complexity index is 31.8. The first-order chi connectivity index (χ1) is 1.73. The summed E-state index contributed by atoms with van der Waals surface area (Å²) in [5.74, 6) is 0. The minimum absolute atomic E-state index is 0. The van der Waals surface area contributed by atoms with E-state index in [1.165, 1.54) is 0 Å². The summed E-state index contributed by atoms with van der Waals surface area (Å²) in [6, 6.07) is 0. The first kappa shape index (κ1) is 4.02. The van der Waals surface area contributed by atoms with Gasteiger partial charge in [-0.05, 0) is 0 Å². The largest absolute Gasteiger partial charge is 1.00 e. The van der Waals surface area contributed by atoms with Crippen LogP contribution in [0.1, 0.15) is 2.85 Å². The third-order valence-corrected chi connectivity index (χ3v) is 0. The maximum absolute atomic E-state index is 8.70. The summed E-state index contributed by atoms with van der Waals surface area (Å²) in [6.07, 6.45) is 0. The molecule has 4 heteroatoms. The molecule has 0 aliphatic carbocycles. The Balaban J connectivity index is -0.0000000450. The van der Waals surface area contributed by atoms with Gasteiger partial charge in [0.25, 0.3) is 0 Å². The van der Waals surface area contributed by atoms with Gasteiger partial charge in [-0.3, -0.25) is 0 Å². The van der Waals surface area contributed by atoms with Crippen LogP contribution >= 0.6 is 8.25 Å². The molecular formula is H4O3P+3. The smallest absolute Gasteiger partial charge is 0.134 e. The van der Waals surface area contributed by atoms with Crippen molar-refractivity contribution in [2.24, 2.45) is 0 Å². The Kier molecular flexibility index (Phi) is 1.36. The number of hydrogen-bond donors (Lipinski definition) is 2. The summed E-state index contributed by atoms with van der Waals surface area (Å²) in [7, 11) is -2.87. The molecular weight excluding hydrogens is 79.0 g/mol. The van der Waals surface area contributed by atoms with Crippen LogP contribution in [-0.4, -0.2) is 9.79 Å². The van der Waals surface area contributed by atoms with Crippen LogP contribution in [-0.2, 0) is 4.57 Å². The average Bonchev–Trinajstić information content (AvgIpc) is 0.811. The van der Waals surface area contributed by atoms with Crippen LogP contribution in [0.5, 0.6) is 0 Å². The zero-order valence-corrected chi connectivity index (χ0v) is 2.64. The van der Waals surface area contributed by atoms with Gasteiger partial charge in [0.15, 0.2) is 0 Å². The van der Waals surface area contributed by atoms with Crippen molar-refractivity contribution in [1.82, 2.24) is 0 Å². The van der Waals surface area contributed by atoms with Gasteiger partial charge in [0.1, 0.15) is 0 Å². The number of hydrogen-bond acceptors (Lipinski definition) is 1. The predicted molar refractivity (Wildman–Crippen MR) is 14.3 cm³/mol. The van der Waals surface area contributed by atoms with Crippen LogP contribution in [0.4, 0.5) is 0 Å².